The highest BCUT2D eigenvalue weighted by Crippen LogP contribution is 2.11. The van der Waals surface area contributed by atoms with Crippen molar-refractivity contribution in [3.63, 3.8) is 0 Å². The number of benzene rings is 1. The van der Waals surface area contributed by atoms with E-state index in [-0.39, 0.29) is 18.4 Å². The van der Waals surface area contributed by atoms with Crippen molar-refractivity contribution in [3.05, 3.63) is 34.9 Å². The van der Waals surface area contributed by atoms with Gasteiger partial charge in [-0.15, -0.1) is 0 Å². The number of aryl methyl sites for hydroxylation is 1. The summed E-state index contributed by atoms with van der Waals surface area (Å²) >= 11 is 0. The Balaban J connectivity index is 2.91. The third-order valence-corrected chi connectivity index (χ3v) is 2.94. The molecule has 0 radical (unpaired) electrons. The lowest BCUT2D eigenvalue weighted by Crippen LogP contribution is -2.43. The predicted octanol–water partition coefficient (Wildman–Crippen LogP) is 0.593. The molecule has 0 heterocycles. The SMILES string of the molecule is CNC(=O)C(C)NC(=O)c1cc(C#CCCO)ccc1C. The second-order valence-electron chi connectivity index (χ2n) is 4.61. The van der Waals surface area contributed by atoms with Crippen LogP contribution in [0.15, 0.2) is 18.2 Å². The van der Waals surface area contributed by atoms with E-state index in [4.69, 9.17) is 5.11 Å². The molecular formula is C16H20N2O3. The van der Waals surface area contributed by atoms with Crippen molar-refractivity contribution in [2.24, 2.45) is 0 Å². The van der Waals surface area contributed by atoms with E-state index in [9.17, 15) is 9.59 Å². The lowest BCUT2D eigenvalue weighted by atomic mass is 10.0. The zero-order chi connectivity index (χ0) is 15.8. The van der Waals surface area contributed by atoms with Gasteiger partial charge < -0.3 is 15.7 Å². The second kappa shape index (κ2) is 8.08. The summed E-state index contributed by atoms with van der Waals surface area (Å²) in [5, 5.41) is 13.8. The fourth-order valence-corrected chi connectivity index (χ4v) is 1.72. The third-order valence-electron chi connectivity index (χ3n) is 2.94. The molecule has 1 aromatic rings. The van der Waals surface area contributed by atoms with Crippen LogP contribution < -0.4 is 10.6 Å². The van der Waals surface area contributed by atoms with E-state index in [0.717, 1.165) is 5.56 Å². The quantitative estimate of drug-likeness (QED) is 0.710. The van der Waals surface area contributed by atoms with E-state index >= 15 is 0 Å². The first-order chi connectivity index (χ1) is 9.99. The molecular weight excluding hydrogens is 268 g/mol. The van der Waals surface area contributed by atoms with Crippen LogP contribution >= 0.6 is 0 Å². The van der Waals surface area contributed by atoms with Crippen LogP contribution in [0.2, 0.25) is 0 Å². The molecule has 1 atom stereocenters. The molecule has 112 valence electrons. The molecule has 5 heteroatoms. The van der Waals surface area contributed by atoms with Gasteiger partial charge in [0.25, 0.3) is 5.91 Å². The first-order valence-electron chi connectivity index (χ1n) is 6.72. The maximum Gasteiger partial charge on any atom is 0.252 e. The number of hydrogen-bond donors (Lipinski definition) is 3. The van der Waals surface area contributed by atoms with Crippen molar-refractivity contribution in [2.75, 3.05) is 13.7 Å². The molecule has 0 aliphatic rings. The van der Waals surface area contributed by atoms with Gasteiger partial charge in [0, 0.05) is 24.6 Å². The average molecular weight is 288 g/mol. The molecule has 5 nitrogen and oxygen atoms in total. The Bertz CT molecular complexity index is 585. The van der Waals surface area contributed by atoms with Crippen LogP contribution in [-0.4, -0.2) is 36.6 Å². The number of hydrogen-bond acceptors (Lipinski definition) is 3. The second-order valence-corrected chi connectivity index (χ2v) is 4.61. The van der Waals surface area contributed by atoms with Crippen molar-refractivity contribution < 1.29 is 14.7 Å². The van der Waals surface area contributed by atoms with E-state index < -0.39 is 6.04 Å². The van der Waals surface area contributed by atoms with Crippen molar-refractivity contribution in [3.8, 4) is 11.8 Å². The number of carbonyl (C=O) groups excluding carboxylic acids is 2. The third kappa shape index (κ3) is 4.93. The first kappa shape index (κ1) is 16.7. The van der Waals surface area contributed by atoms with Crippen molar-refractivity contribution in [1.29, 1.82) is 0 Å². The van der Waals surface area contributed by atoms with Crippen molar-refractivity contribution >= 4 is 11.8 Å². The van der Waals surface area contributed by atoms with Crippen LogP contribution in [0.3, 0.4) is 0 Å². The number of amides is 2. The predicted molar refractivity (Wildman–Crippen MR) is 80.8 cm³/mol. The van der Waals surface area contributed by atoms with Crippen LogP contribution in [0.5, 0.6) is 0 Å². The molecule has 3 N–H and O–H groups in total. The van der Waals surface area contributed by atoms with Crippen LogP contribution in [0, 0.1) is 18.8 Å². The van der Waals surface area contributed by atoms with Gasteiger partial charge in [-0.2, -0.15) is 0 Å². The van der Waals surface area contributed by atoms with Crippen molar-refractivity contribution in [1.82, 2.24) is 10.6 Å². The van der Waals surface area contributed by atoms with Gasteiger partial charge in [0.15, 0.2) is 0 Å². The zero-order valence-electron chi connectivity index (χ0n) is 12.5. The van der Waals surface area contributed by atoms with Crippen LogP contribution in [0.25, 0.3) is 0 Å². The molecule has 1 aromatic carbocycles. The molecule has 0 aromatic heterocycles. The number of nitrogens with one attached hydrogen (secondary N) is 2. The summed E-state index contributed by atoms with van der Waals surface area (Å²) in [6, 6.07) is 4.71. The topological polar surface area (TPSA) is 78.4 Å². The van der Waals surface area contributed by atoms with Crippen molar-refractivity contribution in [2.45, 2.75) is 26.3 Å². The highest BCUT2D eigenvalue weighted by Gasteiger charge is 2.16. The van der Waals surface area contributed by atoms with Gasteiger partial charge in [-0.1, -0.05) is 17.9 Å². The van der Waals surface area contributed by atoms with Crippen LogP contribution in [-0.2, 0) is 4.79 Å². The molecule has 2 amide bonds. The molecule has 0 fully saturated rings. The summed E-state index contributed by atoms with van der Waals surface area (Å²) in [5.41, 5.74) is 2.00. The lowest BCUT2D eigenvalue weighted by molar-refractivity contribution is -0.122. The summed E-state index contributed by atoms with van der Waals surface area (Å²) in [4.78, 5) is 23.6. The fourth-order valence-electron chi connectivity index (χ4n) is 1.72. The smallest absolute Gasteiger partial charge is 0.252 e. The van der Waals surface area contributed by atoms with Gasteiger partial charge in [-0.3, -0.25) is 9.59 Å². The number of aliphatic hydroxyl groups is 1. The Kier molecular flexibility index (Phi) is 6.44. The minimum Gasteiger partial charge on any atom is -0.395 e. The molecule has 0 aliphatic heterocycles. The Hall–Kier alpha value is -2.32. The van der Waals surface area contributed by atoms with Gasteiger partial charge in [-0.05, 0) is 31.5 Å². The van der Waals surface area contributed by atoms with E-state index in [2.05, 4.69) is 22.5 Å². The van der Waals surface area contributed by atoms with Gasteiger partial charge in [0.05, 0.1) is 6.61 Å². The Morgan fingerprint density at radius 3 is 2.71 bits per heavy atom. The minimum absolute atomic E-state index is 0.00977. The standard InChI is InChI=1S/C16H20N2O3/c1-11-7-8-13(6-4-5-9-19)10-14(11)16(21)18-12(2)15(20)17-3/h7-8,10,12,19H,5,9H2,1-3H3,(H,17,20)(H,18,21). The van der Waals surface area contributed by atoms with E-state index in [1.54, 1.807) is 13.0 Å². The van der Waals surface area contributed by atoms with Crippen LogP contribution in [0.4, 0.5) is 0 Å². The highest BCUT2D eigenvalue weighted by atomic mass is 16.2. The summed E-state index contributed by atoms with van der Waals surface area (Å²) in [6.07, 6.45) is 0.392. The summed E-state index contributed by atoms with van der Waals surface area (Å²) in [7, 11) is 1.52. The average Bonchev–Trinajstić information content (AvgIpc) is 2.48. The Labute approximate surface area is 124 Å². The van der Waals surface area contributed by atoms with Gasteiger partial charge in [0.2, 0.25) is 5.91 Å². The molecule has 0 bridgehead atoms. The molecule has 0 saturated carbocycles. The minimum atomic E-state index is -0.606. The van der Waals surface area contributed by atoms with Gasteiger partial charge >= 0.3 is 0 Å². The summed E-state index contributed by atoms with van der Waals surface area (Å²) in [6.45, 7) is 3.46. The number of carbonyl (C=O) groups is 2. The largest absolute Gasteiger partial charge is 0.395 e. The Morgan fingerprint density at radius 1 is 1.38 bits per heavy atom. The first-order valence-corrected chi connectivity index (χ1v) is 6.72. The Morgan fingerprint density at radius 2 is 2.10 bits per heavy atom. The lowest BCUT2D eigenvalue weighted by Gasteiger charge is -2.13. The fraction of sp³-hybridized carbons (Fsp3) is 0.375. The zero-order valence-corrected chi connectivity index (χ0v) is 12.5. The molecule has 0 saturated heterocycles. The number of rotatable bonds is 4. The maximum absolute atomic E-state index is 12.2. The molecule has 0 spiro atoms. The molecule has 1 rings (SSSR count). The van der Waals surface area contributed by atoms with E-state index in [1.165, 1.54) is 7.05 Å². The highest BCUT2D eigenvalue weighted by molar-refractivity contribution is 5.98. The number of aliphatic hydroxyl groups excluding tert-OH is 1. The maximum atomic E-state index is 12.2. The number of likely N-dealkylation sites (N-methyl/N-ethyl adjacent to an activating group) is 1. The summed E-state index contributed by atoms with van der Waals surface area (Å²) < 4.78 is 0. The van der Waals surface area contributed by atoms with E-state index in [0.29, 0.717) is 17.5 Å². The molecule has 0 aliphatic carbocycles. The molecule has 21 heavy (non-hydrogen) atoms. The normalized spacial score (nSPS) is 11.0. The van der Waals surface area contributed by atoms with Gasteiger partial charge in [-0.25, -0.2) is 0 Å². The monoisotopic (exact) mass is 288 g/mol. The summed E-state index contributed by atoms with van der Waals surface area (Å²) in [5.74, 6) is 5.13. The molecule has 1 unspecified atom stereocenters. The van der Waals surface area contributed by atoms with E-state index in [1.807, 2.05) is 19.1 Å². The van der Waals surface area contributed by atoms with Crippen LogP contribution in [0.1, 0.15) is 34.8 Å². The van der Waals surface area contributed by atoms with Gasteiger partial charge in [0.1, 0.15) is 6.04 Å².